The summed E-state index contributed by atoms with van der Waals surface area (Å²) in [5.41, 5.74) is 4.96. The SMILES string of the molecule is O=C1[C@@H]2Cc3c([nH]c4ccccc34)[C@H](c3ccccc3)N2C(=O)CN1/N=C\c1ccccc1. The number of benzene rings is 3. The third-order valence-corrected chi connectivity index (χ3v) is 6.51. The lowest BCUT2D eigenvalue weighted by Gasteiger charge is -2.45. The van der Waals surface area contributed by atoms with E-state index in [4.69, 9.17) is 0 Å². The minimum atomic E-state index is -0.601. The average Bonchev–Trinajstić information content (AvgIpc) is 3.23. The van der Waals surface area contributed by atoms with Gasteiger partial charge >= 0.3 is 0 Å². The summed E-state index contributed by atoms with van der Waals surface area (Å²) in [6, 6.07) is 26.7. The van der Waals surface area contributed by atoms with Crippen molar-refractivity contribution >= 4 is 28.9 Å². The summed E-state index contributed by atoms with van der Waals surface area (Å²) < 4.78 is 0. The van der Waals surface area contributed by atoms with Gasteiger partial charge in [0.25, 0.3) is 5.91 Å². The molecule has 0 unspecified atom stereocenters. The highest BCUT2D eigenvalue weighted by atomic mass is 16.2. The lowest BCUT2D eigenvalue weighted by atomic mass is 9.86. The van der Waals surface area contributed by atoms with Crippen molar-refractivity contribution in [3.63, 3.8) is 0 Å². The Hall–Kier alpha value is -4.19. The number of amides is 2. The number of nitrogens with zero attached hydrogens (tertiary/aromatic N) is 3. The molecule has 4 aromatic rings. The van der Waals surface area contributed by atoms with Gasteiger partial charge in [-0.15, -0.1) is 0 Å². The summed E-state index contributed by atoms with van der Waals surface area (Å²) in [4.78, 5) is 32.3. The van der Waals surface area contributed by atoms with Gasteiger partial charge in [0.2, 0.25) is 5.91 Å². The first-order valence-electron chi connectivity index (χ1n) is 11.1. The third kappa shape index (κ3) is 3.22. The molecule has 1 N–H and O–H groups in total. The number of hydrazone groups is 1. The Bertz CT molecular complexity index is 1380. The predicted octanol–water partition coefficient (Wildman–Crippen LogP) is 3.89. The second-order valence-electron chi connectivity index (χ2n) is 8.45. The first kappa shape index (κ1) is 19.5. The molecule has 0 spiro atoms. The number of aromatic amines is 1. The Balaban J connectivity index is 1.44. The molecule has 0 saturated carbocycles. The van der Waals surface area contributed by atoms with Crippen LogP contribution in [-0.2, 0) is 16.0 Å². The molecule has 6 heteroatoms. The summed E-state index contributed by atoms with van der Waals surface area (Å²) in [5.74, 6) is -0.262. The number of carbonyl (C=O) groups is 2. The summed E-state index contributed by atoms with van der Waals surface area (Å²) in [7, 11) is 0. The van der Waals surface area contributed by atoms with Crippen LogP contribution < -0.4 is 0 Å². The number of piperazine rings is 1. The smallest absolute Gasteiger partial charge is 0.266 e. The fourth-order valence-corrected chi connectivity index (χ4v) is 5.00. The molecule has 3 heterocycles. The molecule has 162 valence electrons. The molecule has 0 radical (unpaired) electrons. The monoisotopic (exact) mass is 434 g/mol. The topological polar surface area (TPSA) is 68.8 Å². The zero-order valence-corrected chi connectivity index (χ0v) is 17.9. The lowest BCUT2D eigenvalue weighted by Crippen LogP contribution is -2.61. The van der Waals surface area contributed by atoms with E-state index in [1.54, 1.807) is 11.1 Å². The number of aromatic nitrogens is 1. The lowest BCUT2D eigenvalue weighted by molar-refractivity contribution is -0.158. The van der Waals surface area contributed by atoms with Gasteiger partial charge in [0, 0.05) is 23.0 Å². The van der Waals surface area contributed by atoms with Crippen molar-refractivity contribution in [3.8, 4) is 0 Å². The highest BCUT2D eigenvalue weighted by molar-refractivity contribution is 5.98. The Morgan fingerprint density at radius 1 is 0.879 bits per heavy atom. The maximum absolute atomic E-state index is 13.6. The van der Waals surface area contributed by atoms with E-state index < -0.39 is 6.04 Å². The zero-order valence-electron chi connectivity index (χ0n) is 17.9. The maximum Gasteiger partial charge on any atom is 0.266 e. The molecule has 2 amide bonds. The molecular weight excluding hydrogens is 412 g/mol. The molecule has 2 atom stereocenters. The number of carbonyl (C=O) groups excluding carboxylic acids is 2. The number of rotatable bonds is 3. The van der Waals surface area contributed by atoms with Crippen LogP contribution in [0.3, 0.4) is 0 Å². The van der Waals surface area contributed by atoms with E-state index >= 15 is 0 Å². The van der Waals surface area contributed by atoms with Gasteiger partial charge in [-0.3, -0.25) is 9.59 Å². The van der Waals surface area contributed by atoms with Crippen molar-refractivity contribution < 1.29 is 9.59 Å². The molecule has 0 aliphatic carbocycles. The molecule has 1 aromatic heterocycles. The predicted molar refractivity (Wildman–Crippen MR) is 127 cm³/mol. The van der Waals surface area contributed by atoms with Gasteiger partial charge in [-0.1, -0.05) is 78.9 Å². The van der Waals surface area contributed by atoms with Gasteiger partial charge in [-0.2, -0.15) is 5.10 Å². The van der Waals surface area contributed by atoms with Crippen LogP contribution in [0, 0.1) is 0 Å². The van der Waals surface area contributed by atoms with Gasteiger partial charge in [-0.05, 0) is 22.8 Å². The standard InChI is InChI=1S/C27H22N4O2/c32-24-17-30(28-16-18-9-3-1-4-10-18)27(33)23-15-21-20-13-7-8-14-22(20)29-25(21)26(31(23)24)19-11-5-2-6-12-19/h1-14,16,23,26,29H,15,17H2/b28-16-/t23-,26-/m0/s1. The quantitative estimate of drug-likeness (QED) is 0.497. The van der Waals surface area contributed by atoms with Gasteiger partial charge in [-0.25, -0.2) is 5.01 Å². The Labute approximate surface area is 191 Å². The fourth-order valence-electron chi connectivity index (χ4n) is 5.00. The molecular formula is C27H22N4O2. The molecule has 6 rings (SSSR count). The maximum atomic E-state index is 13.6. The first-order valence-corrected chi connectivity index (χ1v) is 11.1. The second-order valence-corrected chi connectivity index (χ2v) is 8.45. The van der Waals surface area contributed by atoms with Gasteiger partial charge in [0.15, 0.2) is 0 Å². The van der Waals surface area contributed by atoms with E-state index in [0.29, 0.717) is 6.42 Å². The summed E-state index contributed by atoms with van der Waals surface area (Å²) in [6.07, 6.45) is 2.10. The summed E-state index contributed by atoms with van der Waals surface area (Å²) >= 11 is 0. The van der Waals surface area contributed by atoms with E-state index in [2.05, 4.69) is 16.2 Å². The minimum absolute atomic E-state index is 0.0719. The van der Waals surface area contributed by atoms with Crippen LogP contribution in [0.25, 0.3) is 10.9 Å². The largest absolute Gasteiger partial charge is 0.356 e. The van der Waals surface area contributed by atoms with Crippen molar-refractivity contribution in [1.29, 1.82) is 0 Å². The van der Waals surface area contributed by atoms with Crippen molar-refractivity contribution in [2.45, 2.75) is 18.5 Å². The first-order chi connectivity index (χ1) is 16.2. The van der Waals surface area contributed by atoms with Crippen molar-refractivity contribution in [3.05, 3.63) is 107 Å². The van der Waals surface area contributed by atoms with Gasteiger partial charge in [0.1, 0.15) is 12.6 Å². The Kier molecular flexibility index (Phi) is 4.57. The minimum Gasteiger partial charge on any atom is -0.356 e. The number of fused-ring (bicyclic) bond motifs is 4. The van der Waals surface area contributed by atoms with Gasteiger partial charge in [0.05, 0.1) is 12.3 Å². The van der Waals surface area contributed by atoms with Crippen LogP contribution in [0.15, 0.2) is 90.0 Å². The number of para-hydroxylation sites is 1. The molecule has 6 nitrogen and oxygen atoms in total. The molecule has 1 fully saturated rings. The highest BCUT2D eigenvalue weighted by Crippen LogP contribution is 2.42. The third-order valence-electron chi connectivity index (χ3n) is 6.51. The van der Waals surface area contributed by atoms with E-state index in [0.717, 1.165) is 33.3 Å². The van der Waals surface area contributed by atoms with E-state index in [1.807, 2.05) is 78.9 Å². The van der Waals surface area contributed by atoms with E-state index in [1.165, 1.54) is 5.01 Å². The average molecular weight is 434 g/mol. The van der Waals surface area contributed by atoms with Crippen molar-refractivity contribution in [1.82, 2.24) is 14.9 Å². The summed E-state index contributed by atoms with van der Waals surface area (Å²) in [5, 5.41) is 6.80. The Morgan fingerprint density at radius 3 is 2.36 bits per heavy atom. The molecule has 33 heavy (non-hydrogen) atoms. The van der Waals surface area contributed by atoms with Crippen LogP contribution in [0.4, 0.5) is 0 Å². The number of hydrogen-bond donors (Lipinski definition) is 1. The molecule has 0 bridgehead atoms. The van der Waals surface area contributed by atoms with Crippen LogP contribution in [0.1, 0.15) is 28.4 Å². The molecule has 2 aliphatic rings. The van der Waals surface area contributed by atoms with Crippen LogP contribution in [0.5, 0.6) is 0 Å². The molecule has 1 saturated heterocycles. The van der Waals surface area contributed by atoms with E-state index in [-0.39, 0.29) is 24.4 Å². The molecule has 2 aliphatic heterocycles. The van der Waals surface area contributed by atoms with Crippen LogP contribution >= 0.6 is 0 Å². The van der Waals surface area contributed by atoms with Crippen LogP contribution in [-0.4, -0.2) is 45.5 Å². The fraction of sp³-hybridized carbons (Fsp3) is 0.148. The van der Waals surface area contributed by atoms with Crippen LogP contribution in [0.2, 0.25) is 0 Å². The number of H-pyrrole nitrogens is 1. The van der Waals surface area contributed by atoms with Crippen molar-refractivity contribution in [2.75, 3.05) is 6.54 Å². The zero-order chi connectivity index (χ0) is 22.4. The van der Waals surface area contributed by atoms with Gasteiger partial charge < -0.3 is 9.88 Å². The summed E-state index contributed by atoms with van der Waals surface area (Å²) in [6.45, 7) is -0.0719. The normalized spacial score (nSPS) is 20.4. The number of nitrogens with one attached hydrogen (secondary N) is 1. The van der Waals surface area contributed by atoms with Crippen molar-refractivity contribution in [2.24, 2.45) is 5.10 Å². The highest BCUT2D eigenvalue weighted by Gasteiger charge is 2.48. The number of hydrogen-bond acceptors (Lipinski definition) is 3. The Morgan fingerprint density at radius 2 is 1.58 bits per heavy atom. The second kappa shape index (κ2) is 7.74. The molecule has 3 aromatic carbocycles. The van der Waals surface area contributed by atoms with E-state index in [9.17, 15) is 9.59 Å².